The molecule has 5 nitrogen and oxygen atoms in total. The van der Waals surface area contributed by atoms with E-state index in [0.29, 0.717) is 15.6 Å². The molecule has 0 saturated heterocycles. The molecular formula is C9H4Cl2N2O3. The monoisotopic (exact) mass is 258 g/mol. The zero-order valence-electron chi connectivity index (χ0n) is 7.65. The second-order valence-electron chi connectivity index (χ2n) is 2.89. The summed E-state index contributed by atoms with van der Waals surface area (Å²) in [6.45, 7) is 0. The van der Waals surface area contributed by atoms with Crippen molar-refractivity contribution in [3.05, 3.63) is 34.1 Å². The molecule has 0 fully saturated rings. The summed E-state index contributed by atoms with van der Waals surface area (Å²) in [7, 11) is 0. The van der Waals surface area contributed by atoms with Crippen LogP contribution in [-0.4, -0.2) is 21.2 Å². The first-order valence-electron chi connectivity index (χ1n) is 4.10. The van der Waals surface area contributed by atoms with Gasteiger partial charge < -0.3 is 9.63 Å². The standard InChI is InChI=1S/C9H4Cl2N2O3/c10-5-1-4(2-6(11)3-5)7-12-8(9(14)15)16-13-7/h1-3H,(H,14,15). The Balaban J connectivity index is 2.46. The van der Waals surface area contributed by atoms with Gasteiger partial charge in [0.25, 0.3) is 0 Å². The van der Waals surface area contributed by atoms with Gasteiger partial charge in [-0.25, -0.2) is 4.79 Å². The maximum atomic E-state index is 10.5. The summed E-state index contributed by atoms with van der Waals surface area (Å²) in [6.07, 6.45) is 0. The van der Waals surface area contributed by atoms with Gasteiger partial charge in [-0.15, -0.1) is 0 Å². The van der Waals surface area contributed by atoms with Crippen molar-refractivity contribution in [2.45, 2.75) is 0 Å². The highest BCUT2D eigenvalue weighted by Crippen LogP contribution is 2.25. The molecule has 82 valence electrons. The Hall–Kier alpha value is -1.59. The Morgan fingerprint density at radius 1 is 1.25 bits per heavy atom. The van der Waals surface area contributed by atoms with Gasteiger partial charge in [0.1, 0.15) is 0 Å². The number of nitrogens with zero attached hydrogens (tertiary/aromatic N) is 2. The molecule has 0 aliphatic rings. The van der Waals surface area contributed by atoms with Crippen molar-refractivity contribution in [1.82, 2.24) is 10.1 Å². The highest BCUT2D eigenvalue weighted by Gasteiger charge is 2.15. The molecule has 0 amide bonds. The van der Waals surface area contributed by atoms with Crippen LogP contribution in [0.3, 0.4) is 0 Å². The second kappa shape index (κ2) is 4.11. The molecule has 0 atom stereocenters. The van der Waals surface area contributed by atoms with Gasteiger partial charge >= 0.3 is 11.9 Å². The fourth-order valence-electron chi connectivity index (χ4n) is 1.11. The van der Waals surface area contributed by atoms with Crippen molar-refractivity contribution in [2.75, 3.05) is 0 Å². The average Bonchev–Trinajstić information content (AvgIpc) is 2.64. The number of hydrogen-bond acceptors (Lipinski definition) is 4. The van der Waals surface area contributed by atoms with Crippen LogP contribution in [0.15, 0.2) is 22.7 Å². The number of carboxylic acids is 1. The van der Waals surface area contributed by atoms with Crippen LogP contribution in [0, 0.1) is 0 Å². The van der Waals surface area contributed by atoms with Gasteiger partial charge in [-0.1, -0.05) is 28.4 Å². The number of rotatable bonds is 2. The lowest BCUT2D eigenvalue weighted by Gasteiger charge is -1.96. The Morgan fingerprint density at radius 3 is 2.38 bits per heavy atom. The van der Waals surface area contributed by atoms with Gasteiger partial charge in [0.2, 0.25) is 5.82 Å². The van der Waals surface area contributed by atoms with Gasteiger partial charge in [-0.2, -0.15) is 4.98 Å². The van der Waals surface area contributed by atoms with Crippen LogP contribution in [-0.2, 0) is 0 Å². The largest absolute Gasteiger partial charge is 0.474 e. The third-order valence-electron chi connectivity index (χ3n) is 1.73. The van der Waals surface area contributed by atoms with Gasteiger partial charge in [-0.05, 0) is 18.2 Å². The minimum Gasteiger partial charge on any atom is -0.474 e. The van der Waals surface area contributed by atoms with E-state index in [1.54, 1.807) is 18.2 Å². The van der Waals surface area contributed by atoms with Crippen LogP contribution >= 0.6 is 23.2 Å². The lowest BCUT2D eigenvalue weighted by molar-refractivity contribution is 0.0643. The lowest BCUT2D eigenvalue weighted by Crippen LogP contribution is -1.95. The number of halogens is 2. The number of benzene rings is 1. The minimum absolute atomic E-state index is 0.127. The number of carboxylic acid groups (broad SMARTS) is 1. The minimum atomic E-state index is -1.29. The average molecular weight is 259 g/mol. The van der Waals surface area contributed by atoms with Crippen molar-refractivity contribution < 1.29 is 14.4 Å². The zero-order chi connectivity index (χ0) is 11.7. The highest BCUT2D eigenvalue weighted by molar-refractivity contribution is 6.35. The SMILES string of the molecule is O=C(O)c1nc(-c2cc(Cl)cc(Cl)c2)no1. The van der Waals surface area contributed by atoms with Crippen molar-refractivity contribution >= 4 is 29.2 Å². The molecule has 1 aromatic heterocycles. The van der Waals surface area contributed by atoms with Crippen LogP contribution < -0.4 is 0 Å². The predicted molar refractivity (Wildman–Crippen MR) is 56.7 cm³/mol. The quantitative estimate of drug-likeness (QED) is 0.897. The Morgan fingerprint density at radius 2 is 1.88 bits per heavy atom. The van der Waals surface area contributed by atoms with Crippen LogP contribution in [0.4, 0.5) is 0 Å². The Kier molecular flexibility index (Phi) is 2.80. The first kappa shape index (κ1) is 10.9. The molecule has 1 heterocycles. The Bertz CT molecular complexity index is 533. The third-order valence-corrected chi connectivity index (χ3v) is 2.17. The molecule has 0 saturated carbocycles. The van der Waals surface area contributed by atoms with E-state index in [1.165, 1.54) is 0 Å². The summed E-state index contributed by atoms with van der Waals surface area (Å²) in [5.74, 6) is -1.64. The van der Waals surface area contributed by atoms with E-state index >= 15 is 0 Å². The molecule has 7 heteroatoms. The fraction of sp³-hybridized carbons (Fsp3) is 0. The molecule has 0 unspecified atom stereocenters. The third kappa shape index (κ3) is 2.15. The molecule has 0 bridgehead atoms. The van der Waals surface area contributed by atoms with Crippen LogP contribution in [0.1, 0.15) is 10.7 Å². The highest BCUT2D eigenvalue weighted by atomic mass is 35.5. The smallest absolute Gasteiger partial charge is 0.394 e. The molecule has 0 aliphatic carbocycles. The summed E-state index contributed by atoms with van der Waals surface area (Å²) in [4.78, 5) is 14.2. The topological polar surface area (TPSA) is 76.2 Å². The van der Waals surface area contributed by atoms with Gasteiger partial charge in [0.05, 0.1) is 0 Å². The fourth-order valence-corrected chi connectivity index (χ4v) is 1.64. The Labute approximate surface area is 99.6 Å². The number of aromatic carboxylic acids is 1. The van der Waals surface area contributed by atoms with Crippen LogP contribution in [0.5, 0.6) is 0 Å². The van der Waals surface area contributed by atoms with E-state index in [9.17, 15) is 4.79 Å². The molecule has 0 spiro atoms. The van der Waals surface area contributed by atoms with Crippen molar-refractivity contribution in [3.8, 4) is 11.4 Å². The summed E-state index contributed by atoms with van der Waals surface area (Å²) in [6, 6.07) is 4.67. The molecule has 0 radical (unpaired) electrons. The van der Waals surface area contributed by atoms with Crippen molar-refractivity contribution in [2.24, 2.45) is 0 Å². The number of carbonyl (C=O) groups is 1. The van der Waals surface area contributed by atoms with Crippen molar-refractivity contribution in [1.29, 1.82) is 0 Å². The molecular weight excluding hydrogens is 255 g/mol. The predicted octanol–water partition coefficient (Wildman–Crippen LogP) is 2.74. The van der Waals surface area contributed by atoms with E-state index in [4.69, 9.17) is 28.3 Å². The van der Waals surface area contributed by atoms with E-state index in [-0.39, 0.29) is 5.82 Å². The van der Waals surface area contributed by atoms with Crippen LogP contribution in [0.2, 0.25) is 10.0 Å². The van der Waals surface area contributed by atoms with E-state index < -0.39 is 11.9 Å². The summed E-state index contributed by atoms with van der Waals surface area (Å²) in [5, 5.41) is 12.9. The number of hydrogen-bond donors (Lipinski definition) is 1. The second-order valence-corrected chi connectivity index (χ2v) is 3.76. The maximum absolute atomic E-state index is 10.5. The summed E-state index contributed by atoms with van der Waals surface area (Å²) >= 11 is 11.6. The van der Waals surface area contributed by atoms with Crippen molar-refractivity contribution in [3.63, 3.8) is 0 Å². The van der Waals surface area contributed by atoms with Gasteiger partial charge in [0.15, 0.2) is 0 Å². The molecule has 0 aliphatic heterocycles. The molecule has 2 rings (SSSR count). The zero-order valence-corrected chi connectivity index (χ0v) is 9.16. The number of aromatic nitrogens is 2. The lowest BCUT2D eigenvalue weighted by atomic mass is 10.2. The van der Waals surface area contributed by atoms with Gasteiger partial charge in [-0.3, -0.25) is 0 Å². The summed E-state index contributed by atoms with van der Waals surface area (Å²) < 4.78 is 4.51. The van der Waals surface area contributed by atoms with E-state index in [0.717, 1.165) is 0 Å². The van der Waals surface area contributed by atoms with E-state index in [1.807, 2.05) is 0 Å². The van der Waals surface area contributed by atoms with Gasteiger partial charge in [0, 0.05) is 15.6 Å². The van der Waals surface area contributed by atoms with E-state index in [2.05, 4.69) is 14.7 Å². The maximum Gasteiger partial charge on any atom is 0.394 e. The molecule has 16 heavy (non-hydrogen) atoms. The normalized spacial score (nSPS) is 10.4. The molecule has 1 aromatic carbocycles. The first-order chi connectivity index (χ1) is 7.56. The molecule has 2 aromatic rings. The summed E-state index contributed by atoms with van der Waals surface area (Å²) in [5.41, 5.74) is 0.494. The molecule has 1 N–H and O–H groups in total. The van der Waals surface area contributed by atoms with Crippen LogP contribution in [0.25, 0.3) is 11.4 Å². The first-order valence-corrected chi connectivity index (χ1v) is 4.85.